The van der Waals surface area contributed by atoms with Crippen LogP contribution in [0.15, 0.2) is 29.0 Å². The topological polar surface area (TPSA) is 112 Å². The molecule has 0 amide bonds. The number of rotatable bonds is 4. The number of aliphatic hydroxyl groups excluding tert-OH is 1. The summed E-state index contributed by atoms with van der Waals surface area (Å²) in [5, 5.41) is 25.6. The number of nitrogens with zero attached hydrogens (tertiary/aromatic N) is 5. The number of halogens is 1. The Morgan fingerprint density at radius 3 is 2.75 bits per heavy atom. The third kappa shape index (κ3) is 3.93. The van der Waals surface area contributed by atoms with E-state index >= 15 is 0 Å². The van der Waals surface area contributed by atoms with Crippen molar-refractivity contribution in [1.82, 2.24) is 19.5 Å². The number of fused-ring (bicyclic) bond motifs is 1. The average Bonchev–Trinajstić information content (AvgIpc) is 3.04. The van der Waals surface area contributed by atoms with Gasteiger partial charge in [0.25, 0.3) is 0 Å². The van der Waals surface area contributed by atoms with Gasteiger partial charge in [-0.2, -0.15) is 15.2 Å². The molecule has 3 aromatic rings. The average molecular weight is 442 g/mol. The van der Waals surface area contributed by atoms with Crippen molar-refractivity contribution in [2.75, 3.05) is 10.6 Å². The quantitative estimate of drug-likeness (QED) is 0.568. The number of nitriles is 1. The van der Waals surface area contributed by atoms with E-state index in [1.807, 2.05) is 17.7 Å². The van der Waals surface area contributed by atoms with E-state index < -0.39 is 0 Å². The molecule has 0 radical (unpaired) electrons. The van der Waals surface area contributed by atoms with E-state index in [1.165, 1.54) is 0 Å². The molecule has 1 saturated carbocycles. The number of aryl methyl sites for hydroxylation is 1. The largest absolute Gasteiger partial charge is 0.393 e. The summed E-state index contributed by atoms with van der Waals surface area (Å²) in [6, 6.07) is 7.78. The number of hydrogen-bond donors (Lipinski definition) is 3. The lowest BCUT2D eigenvalue weighted by molar-refractivity contribution is 0.126. The van der Waals surface area contributed by atoms with Gasteiger partial charge in [0.15, 0.2) is 17.0 Å². The van der Waals surface area contributed by atoms with E-state index in [0.29, 0.717) is 28.5 Å². The highest BCUT2D eigenvalue weighted by Gasteiger charge is 2.21. The summed E-state index contributed by atoms with van der Waals surface area (Å²) >= 11 is 3.43. The Labute approximate surface area is 170 Å². The fraction of sp³-hybridized carbons (Fsp3) is 0.368. The standard InChI is InChI=1S/C19H20BrN7O/c1-27-10-22-16-17(23-14-7-11(9-21)6-12(20)8-14)25-19(26-18(16)27)24-13-2-4-15(28)5-3-13/h6-8,10,13,15,28H,2-5H2,1H3,(H2,23,24,25,26). The Bertz CT molecular complexity index is 1050. The van der Waals surface area contributed by atoms with Crippen molar-refractivity contribution < 1.29 is 5.11 Å². The molecule has 0 bridgehead atoms. The molecular formula is C19H20BrN7O. The molecule has 4 rings (SSSR count). The number of hydrogen-bond acceptors (Lipinski definition) is 7. The number of aliphatic hydroxyl groups is 1. The molecule has 28 heavy (non-hydrogen) atoms. The Kier molecular flexibility index (Phi) is 5.15. The van der Waals surface area contributed by atoms with Gasteiger partial charge in [-0.3, -0.25) is 0 Å². The molecule has 2 heterocycles. The van der Waals surface area contributed by atoms with Crippen LogP contribution in [0.2, 0.25) is 0 Å². The molecule has 0 aliphatic heterocycles. The molecule has 0 atom stereocenters. The van der Waals surface area contributed by atoms with Crippen LogP contribution in [0.5, 0.6) is 0 Å². The second-order valence-electron chi connectivity index (χ2n) is 7.04. The summed E-state index contributed by atoms with van der Waals surface area (Å²) in [5.74, 6) is 1.10. The minimum Gasteiger partial charge on any atom is -0.393 e. The van der Waals surface area contributed by atoms with Gasteiger partial charge < -0.3 is 20.3 Å². The van der Waals surface area contributed by atoms with Crippen LogP contribution in [-0.4, -0.2) is 36.8 Å². The molecule has 0 spiro atoms. The molecule has 1 aliphatic rings. The molecule has 144 valence electrons. The van der Waals surface area contributed by atoms with Crippen LogP contribution in [-0.2, 0) is 7.05 Å². The number of anilines is 3. The van der Waals surface area contributed by atoms with Crippen molar-refractivity contribution in [1.29, 1.82) is 5.26 Å². The fourth-order valence-electron chi connectivity index (χ4n) is 3.42. The van der Waals surface area contributed by atoms with E-state index in [1.54, 1.807) is 18.5 Å². The highest BCUT2D eigenvalue weighted by atomic mass is 79.9. The normalized spacial score (nSPS) is 19.4. The van der Waals surface area contributed by atoms with Gasteiger partial charge >= 0.3 is 0 Å². The predicted molar refractivity (Wildman–Crippen MR) is 110 cm³/mol. The van der Waals surface area contributed by atoms with Crippen LogP contribution in [0.4, 0.5) is 17.5 Å². The Morgan fingerprint density at radius 1 is 1.21 bits per heavy atom. The van der Waals surface area contributed by atoms with Crippen LogP contribution < -0.4 is 10.6 Å². The summed E-state index contributed by atoms with van der Waals surface area (Å²) in [4.78, 5) is 13.7. The van der Waals surface area contributed by atoms with Gasteiger partial charge in [0.2, 0.25) is 5.95 Å². The van der Waals surface area contributed by atoms with Gasteiger partial charge in [-0.25, -0.2) is 4.98 Å². The molecule has 1 aliphatic carbocycles. The zero-order valence-corrected chi connectivity index (χ0v) is 16.9. The number of imidazole rings is 1. The molecule has 1 fully saturated rings. The summed E-state index contributed by atoms with van der Waals surface area (Å²) in [6.45, 7) is 0. The Morgan fingerprint density at radius 2 is 2.00 bits per heavy atom. The monoisotopic (exact) mass is 441 g/mol. The molecule has 2 aromatic heterocycles. The molecular weight excluding hydrogens is 422 g/mol. The van der Waals surface area contributed by atoms with E-state index in [-0.39, 0.29) is 12.1 Å². The first-order valence-electron chi connectivity index (χ1n) is 9.13. The lowest BCUT2D eigenvalue weighted by Gasteiger charge is -2.26. The SMILES string of the molecule is Cn1cnc2c(Nc3cc(Br)cc(C#N)c3)nc(NC3CCC(O)CC3)nc21. The van der Waals surface area contributed by atoms with Crippen molar-refractivity contribution in [3.05, 3.63) is 34.6 Å². The maximum Gasteiger partial charge on any atom is 0.227 e. The van der Waals surface area contributed by atoms with E-state index in [2.05, 4.69) is 47.6 Å². The summed E-state index contributed by atoms with van der Waals surface area (Å²) < 4.78 is 2.65. The van der Waals surface area contributed by atoms with Crippen molar-refractivity contribution in [2.24, 2.45) is 7.05 Å². The number of nitrogens with one attached hydrogen (secondary N) is 2. The molecule has 0 unspecified atom stereocenters. The van der Waals surface area contributed by atoms with Crippen molar-refractivity contribution in [2.45, 2.75) is 37.8 Å². The predicted octanol–water partition coefficient (Wildman–Crippen LogP) is 3.46. The van der Waals surface area contributed by atoms with Gasteiger partial charge in [0.05, 0.1) is 24.1 Å². The van der Waals surface area contributed by atoms with Gasteiger partial charge in [0.1, 0.15) is 0 Å². The van der Waals surface area contributed by atoms with Gasteiger partial charge in [-0.05, 0) is 43.9 Å². The van der Waals surface area contributed by atoms with Crippen LogP contribution >= 0.6 is 15.9 Å². The Balaban J connectivity index is 1.67. The minimum absolute atomic E-state index is 0.207. The number of aromatic nitrogens is 4. The van der Waals surface area contributed by atoms with Gasteiger partial charge in [0, 0.05) is 23.2 Å². The van der Waals surface area contributed by atoms with Gasteiger partial charge in [-0.1, -0.05) is 15.9 Å². The summed E-state index contributed by atoms with van der Waals surface area (Å²) in [5.41, 5.74) is 2.66. The molecule has 3 N–H and O–H groups in total. The van der Waals surface area contributed by atoms with Crippen LogP contribution in [0, 0.1) is 11.3 Å². The Hall–Kier alpha value is -2.70. The zero-order valence-electron chi connectivity index (χ0n) is 15.4. The van der Waals surface area contributed by atoms with E-state index in [0.717, 1.165) is 35.8 Å². The van der Waals surface area contributed by atoms with Crippen molar-refractivity contribution in [3.63, 3.8) is 0 Å². The molecule has 8 nitrogen and oxygen atoms in total. The van der Waals surface area contributed by atoms with E-state index in [4.69, 9.17) is 0 Å². The van der Waals surface area contributed by atoms with Crippen molar-refractivity contribution in [3.8, 4) is 6.07 Å². The molecule has 0 saturated heterocycles. The second kappa shape index (κ2) is 7.73. The first-order chi connectivity index (χ1) is 13.5. The lowest BCUT2D eigenvalue weighted by atomic mass is 9.93. The van der Waals surface area contributed by atoms with Crippen molar-refractivity contribution >= 4 is 44.5 Å². The highest BCUT2D eigenvalue weighted by Crippen LogP contribution is 2.28. The number of benzene rings is 1. The van der Waals surface area contributed by atoms with Crippen LogP contribution in [0.3, 0.4) is 0 Å². The highest BCUT2D eigenvalue weighted by molar-refractivity contribution is 9.10. The minimum atomic E-state index is -0.207. The molecule has 9 heteroatoms. The van der Waals surface area contributed by atoms with Crippen LogP contribution in [0.25, 0.3) is 11.2 Å². The smallest absolute Gasteiger partial charge is 0.227 e. The lowest BCUT2D eigenvalue weighted by Crippen LogP contribution is -2.29. The molecule has 1 aromatic carbocycles. The summed E-state index contributed by atoms with van der Waals surface area (Å²) in [6.07, 6.45) is 4.83. The zero-order chi connectivity index (χ0) is 19.7. The van der Waals surface area contributed by atoms with E-state index in [9.17, 15) is 10.4 Å². The van der Waals surface area contributed by atoms with Gasteiger partial charge in [-0.15, -0.1) is 0 Å². The first kappa shape index (κ1) is 18.7. The second-order valence-corrected chi connectivity index (χ2v) is 7.95. The van der Waals surface area contributed by atoms with Crippen LogP contribution in [0.1, 0.15) is 31.2 Å². The maximum atomic E-state index is 9.71. The summed E-state index contributed by atoms with van der Waals surface area (Å²) in [7, 11) is 1.89. The maximum absolute atomic E-state index is 9.71. The third-order valence-corrected chi connectivity index (χ3v) is 5.34. The fourth-order valence-corrected chi connectivity index (χ4v) is 3.92. The first-order valence-corrected chi connectivity index (χ1v) is 9.92. The third-order valence-electron chi connectivity index (χ3n) is 4.88.